The minimum Gasteiger partial charge on any atom is -0.481 e. The smallest absolute Gasteiger partial charge is 0.320 e. The highest BCUT2D eigenvalue weighted by Gasteiger charge is 2.24. The molecule has 0 radical (unpaired) electrons. The first kappa shape index (κ1) is 17.9. The Labute approximate surface area is 134 Å². The number of rotatable bonds is 6. The molecule has 0 aromatic heterocycles. The van der Waals surface area contributed by atoms with Crippen molar-refractivity contribution in [3.05, 3.63) is 48.0 Å². The number of hydrogen-bond acceptors (Lipinski definition) is 3. The minimum atomic E-state index is -1.18. The Kier molecular flexibility index (Phi) is 6.34. The monoisotopic (exact) mass is 323 g/mol. The highest BCUT2D eigenvalue weighted by molar-refractivity contribution is 5.85. The number of fused-ring (bicyclic) bond motifs is 1. The molecule has 0 bridgehead atoms. The first-order chi connectivity index (χ1) is 9.97. The van der Waals surface area contributed by atoms with E-state index in [4.69, 9.17) is 10.8 Å². The van der Waals surface area contributed by atoms with Crippen LogP contribution in [0, 0.1) is 5.92 Å². The SMILES string of the molecule is Cl.N[C@@H](C[C@H](Cc1ccc2ccccc2c1)C(=O)O)C(=O)O. The molecule has 0 unspecified atom stereocenters. The number of benzene rings is 2. The Morgan fingerprint density at radius 1 is 1.00 bits per heavy atom. The summed E-state index contributed by atoms with van der Waals surface area (Å²) in [6.07, 6.45) is 0.179. The Hall–Kier alpha value is -2.11. The van der Waals surface area contributed by atoms with Crippen molar-refractivity contribution >= 4 is 35.1 Å². The van der Waals surface area contributed by atoms with Gasteiger partial charge in [0.15, 0.2) is 0 Å². The van der Waals surface area contributed by atoms with Gasteiger partial charge < -0.3 is 15.9 Å². The van der Waals surface area contributed by atoms with E-state index in [1.165, 1.54) is 0 Å². The average Bonchev–Trinajstić information content (AvgIpc) is 2.46. The standard InChI is InChI=1S/C16H17NO4.ClH/c17-14(16(20)21)9-13(15(18)19)8-10-5-6-11-3-1-2-4-12(11)7-10;/h1-7,13-14H,8-9,17H2,(H,18,19)(H,20,21);1H/t13-,14-;/m0./s1. The fourth-order valence-corrected chi connectivity index (χ4v) is 2.33. The third-order valence-corrected chi connectivity index (χ3v) is 3.50. The van der Waals surface area contributed by atoms with Crippen molar-refractivity contribution in [2.45, 2.75) is 18.9 Å². The van der Waals surface area contributed by atoms with Crippen LogP contribution in [0.2, 0.25) is 0 Å². The van der Waals surface area contributed by atoms with Crippen LogP contribution in [0.1, 0.15) is 12.0 Å². The summed E-state index contributed by atoms with van der Waals surface area (Å²) >= 11 is 0. The molecule has 22 heavy (non-hydrogen) atoms. The lowest BCUT2D eigenvalue weighted by molar-refractivity contribution is -0.143. The maximum atomic E-state index is 11.3. The van der Waals surface area contributed by atoms with E-state index in [2.05, 4.69) is 0 Å². The van der Waals surface area contributed by atoms with Gasteiger partial charge in [-0.25, -0.2) is 0 Å². The predicted molar refractivity (Wildman–Crippen MR) is 86.3 cm³/mol. The zero-order valence-electron chi connectivity index (χ0n) is 11.8. The van der Waals surface area contributed by atoms with E-state index in [-0.39, 0.29) is 25.2 Å². The van der Waals surface area contributed by atoms with Gasteiger partial charge >= 0.3 is 11.9 Å². The highest BCUT2D eigenvalue weighted by Crippen LogP contribution is 2.20. The number of carbonyl (C=O) groups is 2. The summed E-state index contributed by atoms with van der Waals surface area (Å²) in [6.45, 7) is 0. The van der Waals surface area contributed by atoms with Gasteiger partial charge in [-0.3, -0.25) is 9.59 Å². The van der Waals surface area contributed by atoms with Crippen LogP contribution >= 0.6 is 12.4 Å². The molecule has 0 heterocycles. The van der Waals surface area contributed by atoms with Crippen LogP contribution in [0.3, 0.4) is 0 Å². The lowest BCUT2D eigenvalue weighted by Gasteiger charge is -2.15. The molecule has 5 nitrogen and oxygen atoms in total. The molecule has 4 N–H and O–H groups in total. The van der Waals surface area contributed by atoms with Crippen molar-refractivity contribution in [3.63, 3.8) is 0 Å². The Balaban J connectivity index is 0.00000242. The molecule has 0 spiro atoms. The van der Waals surface area contributed by atoms with Gasteiger partial charge in [0, 0.05) is 0 Å². The molecular formula is C16H18ClNO4. The maximum Gasteiger partial charge on any atom is 0.320 e. The van der Waals surface area contributed by atoms with Gasteiger partial charge in [0.25, 0.3) is 0 Å². The molecule has 6 heteroatoms. The van der Waals surface area contributed by atoms with Gasteiger partial charge in [0.05, 0.1) is 5.92 Å². The second-order valence-electron chi connectivity index (χ2n) is 5.10. The average molecular weight is 324 g/mol. The number of carboxylic acid groups (broad SMARTS) is 2. The Morgan fingerprint density at radius 2 is 1.64 bits per heavy atom. The molecule has 0 aliphatic carbocycles. The van der Waals surface area contributed by atoms with E-state index in [0.29, 0.717) is 0 Å². The molecule has 2 aromatic rings. The maximum absolute atomic E-state index is 11.3. The zero-order valence-corrected chi connectivity index (χ0v) is 12.6. The summed E-state index contributed by atoms with van der Waals surface area (Å²) in [4.78, 5) is 22.0. The normalized spacial score (nSPS) is 13.1. The fourth-order valence-electron chi connectivity index (χ4n) is 2.33. The Bertz CT molecular complexity index is 674. The van der Waals surface area contributed by atoms with Crippen LogP contribution in [0.4, 0.5) is 0 Å². The number of nitrogens with two attached hydrogens (primary N) is 1. The second-order valence-corrected chi connectivity index (χ2v) is 5.10. The lowest BCUT2D eigenvalue weighted by atomic mass is 9.92. The van der Waals surface area contributed by atoms with Crippen LogP contribution in [0.15, 0.2) is 42.5 Å². The molecule has 2 aromatic carbocycles. The molecule has 0 saturated heterocycles. The highest BCUT2D eigenvalue weighted by atomic mass is 35.5. The molecule has 0 saturated carbocycles. The summed E-state index contributed by atoms with van der Waals surface area (Å²) in [5.41, 5.74) is 6.30. The largest absolute Gasteiger partial charge is 0.481 e. The van der Waals surface area contributed by atoms with Crippen molar-refractivity contribution in [1.82, 2.24) is 0 Å². The second kappa shape index (κ2) is 7.77. The van der Waals surface area contributed by atoms with Gasteiger partial charge in [0.1, 0.15) is 6.04 Å². The van der Waals surface area contributed by atoms with E-state index in [1.54, 1.807) is 0 Å². The van der Waals surface area contributed by atoms with Gasteiger partial charge in [-0.15, -0.1) is 12.4 Å². The summed E-state index contributed by atoms with van der Waals surface area (Å²) in [5.74, 6) is -3.02. The summed E-state index contributed by atoms with van der Waals surface area (Å²) in [6, 6.07) is 12.4. The van der Waals surface area contributed by atoms with E-state index < -0.39 is 23.9 Å². The summed E-state index contributed by atoms with van der Waals surface area (Å²) in [5, 5.41) is 20.1. The van der Waals surface area contributed by atoms with Crippen LogP contribution in [-0.2, 0) is 16.0 Å². The molecule has 2 atom stereocenters. The van der Waals surface area contributed by atoms with E-state index in [0.717, 1.165) is 16.3 Å². The minimum absolute atomic E-state index is 0. The van der Waals surface area contributed by atoms with Crippen molar-refractivity contribution in [1.29, 1.82) is 0 Å². The van der Waals surface area contributed by atoms with Crippen molar-refractivity contribution < 1.29 is 19.8 Å². The van der Waals surface area contributed by atoms with Crippen molar-refractivity contribution in [3.8, 4) is 0 Å². The summed E-state index contributed by atoms with van der Waals surface area (Å²) in [7, 11) is 0. The third-order valence-electron chi connectivity index (χ3n) is 3.50. The molecule has 0 aliphatic heterocycles. The fraction of sp³-hybridized carbons (Fsp3) is 0.250. The Morgan fingerprint density at radius 3 is 2.23 bits per heavy atom. The number of halogens is 1. The van der Waals surface area contributed by atoms with Crippen LogP contribution in [-0.4, -0.2) is 28.2 Å². The van der Waals surface area contributed by atoms with E-state index in [1.807, 2.05) is 42.5 Å². The van der Waals surface area contributed by atoms with Crippen molar-refractivity contribution in [2.24, 2.45) is 11.7 Å². The van der Waals surface area contributed by atoms with Gasteiger partial charge in [-0.05, 0) is 29.2 Å². The number of hydrogen-bond donors (Lipinski definition) is 3. The first-order valence-electron chi connectivity index (χ1n) is 6.66. The topological polar surface area (TPSA) is 101 Å². The zero-order chi connectivity index (χ0) is 15.4. The molecule has 0 amide bonds. The van der Waals surface area contributed by atoms with Crippen LogP contribution < -0.4 is 5.73 Å². The van der Waals surface area contributed by atoms with Crippen molar-refractivity contribution in [2.75, 3.05) is 0 Å². The quantitative estimate of drug-likeness (QED) is 0.757. The van der Waals surface area contributed by atoms with Crippen LogP contribution in [0.5, 0.6) is 0 Å². The molecule has 118 valence electrons. The molecule has 0 aliphatic rings. The summed E-state index contributed by atoms with van der Waals surface area (Å²) < 4.78 is 0. The number of carboxylic acids is 2. The van der Waals surface area contributed by atoms with E-state index in [9.17, 15) is 14.7 Å². The number of aliphatic carboxylic acids is 2. The predicted octanol–water partition coefficient (Wildman–Crippen LogP) is 2.31. The lowest BCUT2D eigenvalue weighted by Crippen LogP contribution is -2.35. The van der Waals surface area contributed by atoms with E-state index >= 15 is 0 Å². The van der Waals surface area contributed by atoms with Gasteiger partial charge in [-0.2, -0.15) is 0 Å². The molecule has 0 fully saturated rings. The molecule has 2 rings (SSSR count). The van der Waals surface area contributed by atoms with Gasteiger partial charge in [-0.1, -0.05) is 42.5 Å². The molecular weight excluding hydrogens is 306 g/mol. The van der Waals surface area contributed by atoms with Gasteiger partial charge in [0.2, 0.25) is 0 Å². The third kappa shape index (κ3) is 4.44. The first-order valence-corrected chi connectivity index (χ1v) is 6.66. The van der Waals surface area contributed by atoms with Crippen LogP contribution in [0.25, 0.3) is 10.8 Å².